The molecule has 1 heterocycles. The molecule has 2 aromatic rings. The summed E-state index contributed by atoms with van der Waals surface area (Å²) in [6.07, 6.45) is 0.853. The second-order valence-electron chi connectivity index (χ2n) is 4.66. The lowest BCUT2D eigenvalue weighted by Gasteiger charge is -2.06. The van der Waals surface area contributed by atoms with Gasteiger partial charge in [0.05, 0.1) is 10.7 Å². The Labute approximate surface area is 126 Å². The van der Waals surface area contributed by atoms with Crippen molar-refractivity contribution in [2.24, 2.45) is 5.92 Å². The maximum Gasteiger partial charge on any atom is 0.325 e. The highest BCUT2D eigenvalue weighted by Crippen LogP contribution is 2.22. The van der Waals surface area contributed by atoms with E-state index in [4.69, 9.17) is 11.6 Å². The van der Waals surface area contributed by atoms with Crippen molar-refractivity contribution in [1.82, 2.24) is 10.2 Å². The first kappa shape index (κ1) is 14.7. The van der Waals surface area contributed by atoms with Gasteiger partial charge in [-0.1, -0.05) is 48.9 Å². The fraction of sp³-hybridized carbons (Fsp3) is 0.308. The van der Waals surface area contributed by atoms with Crippen molar-refractivity contribution < 1.29 is 4.79 Å². The summed E-state index contributed by atoms with van der Waals surface area (Å²) in [4.78, 5) is 11.8. The fourth-order valence-electron chi connectivity index (χ4n) is 1.55. The Balaban J connectivity index is 1.95. The van der Waals surface area contributed by atoms with Crippen molar-refractivity contribution in [3.63, 3.8) is 0 Å². The summed E-state index contributed by atoms with van der Waals surface area (Å²) >= 11 is 7.34. The van der Waals surface area contributed by atoms with Gasteiger partial charge in [0.25, 0.3) is 0 Å². The zero-order valence-electron chi connectivity index (χ0n) is 11.2. The zero-order chi connectivity index (χ0) is 14.5. The summed E-state index contributed by atoms with van der Waals surface area (Å²) in [6.45, 7) is 4.22. The number of benzene rings is 1. The van der Waals surface area contributed by atoms with Crippen LogP contribution in [0.1, 0.15) is 18.9 Å². The van der Waals surface area contributed by atoms with Crippen molar-refractivity contribution in [2.45, 2.75) is 20.3 Å². The number of aromatic nitrogens is 2. The molecule has 0 atom stereocenters. The Morgan fingerprint density at radius 3 is 2.75 bits per heavy atom. The van der Waals surface area contributed by atoms with Crippen molar-refractivity contribution in [1.29, 1.82) is 0 Å². The van der Waals surface area contributed by atoms with Gasteiger partial charge in [-0.2, -0.15) is 0 Å². The average molecular weight is 311 g/mol. The predicted octanol–water partition coefficient (Wildman–Crippen LogP) is 4.03. The molecule has 2 N–H and O–H groups in total. The normalized spacial score (nSPS) is 10.6. The SMILES string of the molecule is CC(C)Cc1nnc(NC(=O)Nc2ccccc2Cl)s1. The van der Waals surface area contributed by atoms with Crippen LogP contribution < -0.4 is 10.6 Å². The summed E-state index contributed by atoms with van der Waals surface area (Å²) in [5.74, 6) is 0.507. The molecule has 106 valence electrons. The molecule has 0 radical (unpaired) electrons. The Morgan fingerprint density at radius 2 is 2.05 bits per heavy atom. The number of carbonyl (C=O) groups is 1. The van der Waals surface area contributed by atoms with Gasteiger partial charge in [-0.3, -0.25) is 5.32 Å². The van der Waals surface area contributed by atoms with Gasteiger partial charge in [0.15, 0.2) is 0 Å². The van der Waals surface area contributed by atoms with Crippen molar-refractivity contribution in [3.05, 3.63) is 34.3 Å². The van der Waals surface area contributed by atoms with Crippen molar-refractivity contribution in [2.75, 3.05) is 10.6 Å². The highest BCUT2D eigenvalue weighted by molar-refractivity contribution is 7.15. The van der Waals surface area contributed by atoms with Crippen LogP contribution in [0.15, 0.2) is 24.3 Å². The maximum atomic E-state index is 11.8. The number of amides is 2. The highest BCUT2D eigenvalue weighted by atomic mass is 35.5. The number of nitrogens with zero attached hydrogens (tertiary/aromatic N) is 2. The van der Waals surface area contributed by atoms with Gasteiger partial charge < -0.3 is 5.32 Å². The van der Waals surface area contributed by atoms with Crippen LogP contribution in [0.5, 0.6) is 0 Å². The highest BCUT2D eigenvalue weighted by Gasteiger charge is 2.10. The molecule has 0 fully saturated rings. The number of nitrogens with one attached hydrogen (secondary N) is 2. The quantitative estimate of drug-likeness (QED) is 0.895. The molecule has 2 rings (SSSR count). The number of hydrogen-bond donors (Lipinski definition) is 2. The van der Waals surface area contributed by atoms with E-state index in [1.807, 2.05) is 0 Å². The number of urea groups is 1. The molecule has 0 aliphatic carbocycles. The van der Waals surface area contributed by atoms with Gasteiger partial charge in [-0.25, -0.2) is 4.79 Å². The molecule has 0 spiro atoms. The topological polar surface area (TPSA) is 66.9 Å². The first-order valence-electron chi connectivity index (χ1n) is 6.19. The number of halogens is 1. The Hall–Kier alpha value is -1.66. The number of para-hydroxylation sites is 1. The van der Waals surface area contributed by atoms with Crippen LogP contribution in [0, 0.1) is 5.92 Å². The van der Waals surface area contributed by atoms with E-state index in [0.717, 1.165) is 11.4 Å². The van der Waals surface area contributed by atoms with Gasteiger partial charge in [0, 0.05) is 6.42 Å². The Bertz CT molecular complexity index is 600. The maximum absolute atomic E-state index is 11.8. The van der Waals surface area contributed by atoms with Gasteiger partial charge >= 0.3 is 6.03 Å². The van der Waals surface area contributed by atoms with Crippen LogP contribution in [0.4, 0.5) is 15.6 Å². The lowest BCUT2D eigenvalue weighted by Crippen LogP contribution is -2.19. The predicted molar refractivity (Wildman–Crippen MR) is 82.5 cm³/mol. The van der Waals surface area contributed by atoms with Crippen molar-refractivity contribution >= 4 is 39.8 Å². The standard InChI is InChI=1S/C13H15ClN4OS/c1-8(2)7-11-17-18-13(20-11)16-12(19)15-10-6-4-3-5-9(10)14/h3-6,8H,7H2,1-2H3,(H2,15,16,18,19). The van der Waals surface area contributed by atoms with Crippen LogP contribution in [0.3, 0.4) is 0 Å². The molecule has 0 aliphatic rings. The smallest absolute Gasteiger partial charge is 0.306 e. The second-order valence-corrected chi connectivity index (χ2v) is 6.13. The molecule has 0 bridgehead atoms. The zero-order valence-corrected chi connectivity index (χ0v) is 12.8. The second kappa shape index (κ2) is 6.67. The number of hydrogen-bond acceptors (Lipinski definition) is 4. The molecule has 5 nitrogen and oxygen atoms in total. The molecule has 0 aliphatic heterocycles. The minimum Gasteiger partial charge on any atom is -0.306 e. The Morgan fingerprint density at radius 1 is 1.30 bits per heavy atom. The molecule has 1 aromatic heterocycles. The summed E-state index contributed by atoms with van der Waals surface area (Å²) in [6, 6.07) is 6.65. The van der Waals surface area contributed by atoms with E-state index in [1.165, 1.54) is 11.3 Å². The molecule has 7 heteroatoms. The minimum absolute atomic E-state index is 0.384. The molecule has 2 amide bonds. The molecule has 1 aromatic carbocycles. The molecule has 0 saturated carbocycles. The van der Waals surface area contributed by atoms with E-state index in [2.05, 4.69) is 34.7 Å². The third-order valence-corrected chi connectivity index (χ3v) is 3.58. The first-order chi connectivity index (χ1) is 9.54. The summed E-state index contributed by atoms with van der Waals surface area (Å²) in [5.41, 5.74) is 0.554. The third-order valence-electron chi connectivity index (χ3n) is 2.39. The van der Waals surface area contributed by atoms with E-state index in [0.29, 0.717) is 21.8 Å². The Kier molecular flexibility index (Phi) is 4.92. The monoisotopic (exact) mass is 310 g/mol. The largest absolute Gasteiger partial charge is 0.325 e. The molecule has 0 saturated heterocycles. The molecule has 20 heavy (non-hydrogen) atoms. The van der Waals surface area contributed by atoms with Crippen LogP contribution in [0.2, 0.25) is 5.02 Å². The van der Waals surface area contributed by atoms with Gasteiger partial charge in [0.1, 0.15) is 5.01 Å². The van der Waals surface area contributed by atoms with E-state index >= 15 is 0 Å². The van der Waals surface area contributed by atoms with Crippen LogP contribution in [0.25, 0.3) is 0 Å². The van der Waals surface area contributed by atoms with Gasteiger partial charge in [-0.15, -0.1) is 10.2 Å². The first-order valence-corrected chi connectivity index (χ1v) is 7.39. The number of anilines is 2. The van der Waals surface area contributed by atoms with Crippen LogP contribution >= 0.6 is 22.9 Å². The minimum atomic E-state index is -0.384. The summed E-state index contributed by atoms with van der Waals surface area (Å²) < 4.78 is 0. The summed E-state index contributed by atoms with van der Waals surface area (Å²) in [7, 11) is 0. The molecule has 0 unspecified atom stereocenters. The van der Waals surface area contributed by atoms with Crippen molar-refractivity contribution in [3.8, 4) is 0 Å². The van der Waals surface area contributed by atoms with E-state index < -0.39 is 0 Å². The summed E-state index contributed by atoms with van der Waals surface area (Å²) in [5, 5.41) is 15.2. The van der Waals surface area contributed by atoms with E-state index in [9.17, 15) is 4.79 Å². The number of rotatable bonds is 4. The average Bonchev–Trinajstić information content (AvgIpc) is 2.78. The number of carbonyl (C=O) groups excluding carboxylic acids is 1. The third kappa shape index (κ3) is 4.18. The molecular formula is C13H15ClN4OS. The molecular weight excluding hydrogens is 296 g/mol. The fourth-order valence-corrected chi connectivity index (χ4v) is 2.68. The lowest BCUT2D eigenvalue weighted by molar-refractivity contribution is 0.262. The van der Waals surface area contributed by atoms with Crippen LogP contribution in [-0.4, -0.2) is 16.2 Å². The lowest BCUT2D eigenvalue weighted by atomic mass is 10.1. The van der Waals surface area contributed by atoms with E-state index in [1.54, 1.807) is 24.3 Å². The van der Waals surface area contributed by atoms with Gasteiger partial charge in [0.2, 0.25) is 5.13 Å². The van der Waals surface area contributed by atoms with Gasteiger partial charge in [-0.05, 0) is 18.1 Å². The van der Waals surface area contributed by atoms with Crippen LogP contribution in [-0.2, 0) is 6.42 Å². The van der Waals surface area contributed by atoms with E-state index in [-0.39, 0.29) is 6.03 Å².